The van der Waals surface area contributed by atoms with Gasteiger partial charge >= 0.3 is 0 Å². The lowest BCUT2D eigenvalue weighted by Crippen LogP contribution is -2.47. The van der Waals surface area contributed by atoms with E-state index >= 15 is 0 Å². The van der Waals surface area contributed by atoms with E-state index in [9.17, 15) is 4.79 Å². The summed E-state index contributed by atoms with van der Waals surface area (Å²) < 4.78 is 11.3. The molecule has 0 N–H and O–H groups in total. The second-order valence-electron chi connectivity index (χ2n) is 5.42. The van der Waals surface area contributed by atoms with Gasteiger partial charge in [0.05, 0.1) is 18.3 Å². The topological polar surface area (TPSA) is 64.6 Å². The smallest absolute Gasteiger partial charge is 0.291 e. The molecule has 20 heavy (non-hydrogen) atoms. The fraction of sp³-hybridized carbons (Fsp3) is 0.643. The molecule has 0 bridgehead atoms. The van der Waals surface area contributed by atoms with E-state index in [1.54, 1.807) is 25.6 Å². The number of likely N-dealkylation sites (tertiary alicyclic amines) is 1. The van der Waals surface area contributed by atoms with Crippen molar-refractivity contribution >= 4 is 5.91 Å². The fourth-order valence-electron chi connectivity index (χ4n) is 2.97. The first kappa shape index (κ1) is 13.5. The predicted molar refractivity (Wildman–Crippen MR) is 71.3 cm³/mol. The Morgan fingerprint density at radius 3 is 2.70 bits per heavy atom. The van der Waals surface area contributed by atoms with Crippen molar-refractivity contribution in [2.24, 2.45) is 0 Å². The molecule has 3 heterocycles. The largest absolute Gasteiger partial charge is 0.379 e. The molecular weight excluding hydrogens is 258 g/mol. The van der Waals surface area contributed by atoms with Crippen LogP contribution in [-0.2, 0) is 9.47 Å². The molecule has 1 spiro atoms. The van der Waals surface area contributed by atoms with Crippen LogP contribution in [0.1, 0.15) is 29.9 Å². The van der Waals surface area contributed by atoms with E-state index in [2.05, 4.69) is 9.97 Å². The molecule has 6 nitrogen and oxygen atoms in total. The van der Waals surface area contributed by atoms with Gasteiger partial charge in [-0.15, -0.1) is 0 Å². The summed E-state index contributed by atoms with van der Waals surface area (Å²) in [5.74, 6) is 0.173. The minimum absolute atomic E-state index is 0.0956. The van der Waals surface area contributed by atoms with Gasteiger partial charge in [-0.2, -0.15) is 0 Å². The summed E-state index contributed by atoms with van der Waals surface area (Å²) in [6.07, 6.45) is 6.00. The van der Waals surface area contributed by atoms with Crippen molar-refractivity contribution in [2.75, 3.05) is 26.8 Å². The fourth-order valence-corrected chi connectivity index (χ4v) is 2.97. The lowest BCUT2D eigenvalue weighted by molar-refractivity contribution is -0.0403. The molecule has 0 unspecified atom stereocenters. The first-order valence-corrected chi connectivity index (χ1v) is 6.95. The highest BCUT2D eigenvalue weighted by Crippen LogP contribution is 2.36. The van der Waals surface area contributed by atoms with Crippen molar-refractivity contribution in [3.8, 4) is 0 Å². The summed E-state index contributed by atoms with van der Waals surface area (Å²) in [6, 6.07) is 1.71. The van der Waals surface area contributed by atoms with Gasteiger partial charge in [0.1, 0.15) is 0 Å². The molecule has 1 aromatic rings. The van der Waals surface area contributed by atoms with E-state index < -0.39 is 0 Å². The van der Waals surface area contributed by atoms with Crippen LogP contribution >= 0.6 is 0 Å². The van der Waals surface area contributed by atoms with Crippen LogP contribution in [0.2, 0.25) is 0 Å². The molecule has 3 rings (SSSR count). The molecule has 0 saturated carbocycles. The molecule has 1 atom stereocenters. The average molecular weight is 277 g/mol. The maximum Gasteiger partial charge on any atom is 0.291 e. The standard InChI is InChI=1S/C14H19N3O3/c1-19-11-9-14(20-10-11)3-7-17(8-4-14)13(18)12-15-5-2-6-16-12/h2,5-6,11H,3-4,7-10H2,1H3/t11-/m0/s1. The van der Waals surface area contributed by atoms with Crippen LogP contribution in [0.15, 0.2) is 18.5 Å². The summed E-state index contributed by atoms with van der Waals surface area (Å²) >= 11 is 0. The molecule has 0 radical (unpaired) electrons. The number of amides is 1. The van der Waals surface area contributed by atoms with Gasteiger partial charge < -0.3 is 14.4 Å². The van der Waals surface area contributed by atoms with Crippen LogP contribution < -0.4 is 0 Å². The van der Waals surface area contributed by atoms with Gasteiger partial charge in [-0.25, -0.2) is 9.97 Å². The summed E-state index contributed by atoms with van der Waals surface area (Å²) in [6.45, 7) is 2.04. The molecular formula is C14H19N3O3. The number of hydrogen-bond donors (Lipinski definition) is 0. The zero-order valence-corrected chi connectivity index (χ0v) is 11.6. The maximum absolute atomic E-state index is 12.3. The highest BCUT2D eigenvalue weighted by molar-refractivity contribution is 5.90. The Hall–Kier alpha value is -1.53. The van der Waals surface area contributed by atoms with Crippen molar-refractivity contribution in [1.29, 1.82) is 0 Å². The highest BCUT2D eigenvalue weighted by atomic mass is 16.6. The van der Waals surface area contributed by atoms with E-state index in [4.69, 9.17) is 9.47 Å². The van der Waals surface area contributed by atoms with Gasteiger partial charge in [0, 0.05) is 39.0 Å². The summed E-state index contributed by atoms with van der Waals surface area (Å²) in [5.41, 5.74) is -0.102. The number of rotatable bonds is 2. The summed E-state index contributed by atoms with van der Waals surface area (Å²) in [4.78, 5) is 22.1. The zero-order chi connectivity index (χ0) is 14.0. The molecule has 0 aromatic carbocycles. The second kappa shape index (κ2) is 5.46. The van der Waals surface area contributed by atoms with E-state index in [0.29, 0.717) is 19.7 Å². The van der Waals surface area contributed by atoms with Gasteiger partial charge in [-0.3, -0.25) is 4.79 Å². The van der Waals surface area contributed by atoms with Gasteiger partial charge in [-0.1, -0.05) is 0 Å². The monoisotopic (exact) mass is 277 g/mol. The SMILES string of the molecule is CO[C@@H]1COC2(CCN(C(=O)c3ncccn3)CC2)C1. The molecule has 2 aliphatic rings. The quantitative estimate of drug-likeness (QED) is 0.803. The number of hydrogen-bond acceptors (Lipinski definition) is 5. The normalized spacial score (nSPS) is 25.1. The van der Waals surface area contributed by atoms with Gasteiger partial charge in [-0.05, 0) is 18.9 Å². The van der Waals surface area contributed by atoms with E-state index in [0.717, 1.165) is 19.3 Å². The predicted octanol–water partition coefficient (Wildman–Crippen LogP) is 0.887. The average Bonchev–Trinajstić information content (AvgIpc) is 2.91. The molecule has 108 valence electrons. The lowest BCUT2D eigenvalue weighted by Gasteiger charge is -2.38. The Bertz CT molecular complexity index is 472. The molecule has 2 aliphatic heterocycles. The molecule has 2 saturated heterocycles. The Morgan fingerprint density at radius 2 is 2.10 bits per heavy atom. The molecule has 2 fully saturated rings. The van der Waals surface area contributed by atoms with Crippen molar-refractivity contribution in [2.45, 2.75) is 31.0 Å². The number of carbonyl (C=O) groups is 1. The van der Waals surface area contributed by atoms with Gasteiger partial charge in [0.25, 0.3) is 5.91 Å². The minimum Gasteiger partial charge on any atom is -0.379 e. The Balaban J connectivity index is 1.60. The van der Waals surface area contributed by atoms with Gasteiger partial charge in [0.15, 0.2) is 0 Å². The Kier molecular flexibility index (Phi) is 3.67. The van der Waals surface area contributed by atoms with E-state index in [1.165, 1.54) is 0 Å². The number of methoxy groups -OCH3 is 1. The van der Waals surface area contributed by atoms with Crippen LogP contribution in [0.4, 0.5) is 0 Å². The van der Waals surface area contributed by atoms with Crippen molar-refractivity contribution < 1.29 is 14.3 Å². The first-order chi connectivity index (χ1) is 9.72. The van der Waals surface area contributed by atoms with Gasteiger partial charge in [0.2, 0.25) is 5.82 Å². The summed E-state index contributed by atoms with van der Waals surface area (Å²) in [5, 5.41) is 0. The molecule has 0 aliphatic carbocycles. The Morgan fingerprint density at radius 1 is 1.40 bits per heavy atom. The third kappa shape index (κ3) is 2.53. The maximum atomic E-state index is 12.3. The number of piperidine rings is 1. The number of ether oxygens (including phenoxy) is 2. The van der Waals surface area contributed by atoms with Crippen LogP contribution in [-0.4, -0.2) is 59.3 Å². The van der Waals surface area contributed by atoms with Crippen molar-refractivity contribution in [3.63, 3.8) is 0 Å². The third-order valence-corrected chi connectivity index (χ3v) is 4.23. The van der Waals surface area contributed by atoms with Crippen molar-refractivity contribution in [3.05, 3.63) is 24.3 Å². The molecule has 1 amide bonds. The lowest BCUT2D eigenvalue weighted by atomic mass is 9.88. The molecule has 6 heteroatoms. The number of aromatic nitrogens is 2. The van der Waals surface area contributed by atoms with Crippen LogP contribution in [0.25, 0.3) is 0 Å². The Labute approximate surface area is 118 Å². The van der Waals surface area contributed by atoms with Crippen molar-refractivity contribution in [1.82, 2.24) is 14.9 Å². The first-order valence-electron chi connectivity index (χ1n) is 6.95. The highest BCUT2D eigenvalue weighted by Gasteiger charge is 2.43. The van der Waals surface area contributed by atoms with E-state index in [1.807, 2.05) is 4.90 Å². The minimum atomic E-state index is -0.102. The van der Waals surface area contributed by atoms with Crippen LogP contribution in [0.3, 0.4) is 0 Å². The molecule has 1 aromatic heterocycles. The van der Waals surface area contributed by atoms with E-state index in [-0.39, 0.29) is 23.4 Å². The zero-order valence-electron chi connectivity index (χ0n) is 11.6. The number of nitrogens with zero attached hydrogens (tertiary/aromatic N) is 3. The van der Waals surface area contributed by atoms with Crippen LogP contribution in [0.5, 0.6) is 0 Å². The number of carbonyl (C=O) groups excluding carboxylic acids is 1. The third-order valence-electron chi connectivity index (χ3n) is 4.23. The second-order valence-corrected chi connectivity index (χ2v) is 5.42. The van der Waals surface area contributed by atoms with Crippen LogP contribution in [0, 0.1) is 0 Å². The summed E-state index contributed by atoms with van der Waals surface area (Å²) in [7, 11) is 1.72.